The number of carbonyl (C=O) groups excluding carboxylic acids is 2. The average Bonchev–Trinajstić information content (AvgIpc) is 2.75. The molecule has 0 heterocycles. The van der Waals surface area contributed by atoms with Gasteiger partial charge in [0.05, 0.1) is 13.2 Å². The van der Waals surface area contributed by atoms with E-state index in [0.29, 0.717) is 37.0 Å². The largest absolute Gasteiger partial charge is 0.468 e. The van der Waals surface area contributed by atoms with Crippen molar-refractivity contribution in [3.05, 3.63) is 0 Å². The van der Waals surface area contributed by atoms with Crippen molar-refractivity contribution >= 4 is 22.8 Å². The molecular formula is C22H30F7NO7S. The highest BCUT2D eigenvalue weighted by atomic mass is 32.2. The summed E-state index contributed by atoms with van der Waals surface area (Å²) >= 11 is 0. The number of hydrogen-bond donors (Lipinski definition) is 2. The highest BCUT2D eigenvalue weighted by Crippen LogP contribution is 2.55. The average molecular weight is 586 g/mol. The molecule has 0 aromatic heterocycles. The van der Waals surface area contributed by atoms with E-state index in [0.717, 1.165) is 19.3 Å². The quantitative estimate of drug-likeness (QED) is 0.114. The first-order chi connectivity index (χ1) is 17.5. The van der Waals surface area contributed by atoms with Crippen LogP contribution in [0.2, 0.25) is 0 Å². The third-order valence-corrected chi connectivity index (χ3v) is 8.20. The summed E-state index contributed by atoms with van der Waals surface area (Å²) in [4.78, 5) is 25.1. The first-order valence-corrected chi connectivity index (χ1v) is 13.4. The summed E-state index contributed by atoms with van der Waals surface area (Å²) in [5, 5.41) is -2.85. The van der Waals surface area contributed by atoms with E-state index in [-0.39, 0.29) is 0 Å². The lowest BCUT2D eigenvalue weighted by molar-refractivity contribution is -0.350. The molecule has 0 aliphatic heterocycles. The van der Waals surface area contributed by atoms with Gasteiger partial charge in [-0.25, -0.2) is 18.0 Å². The van der Waals surface area contributed by atoms with Gasteiger partial charge in [-0.1, -0.05) is 0 Å². The van der Waals surface area contributed by atoms with Crippen LogP contribution < -0.4 is 5.32 Å². The summed E-state index contributed by atoms with van der Waals surface area (Å²) in [6.45, 7) is -0.486. The molecule has 1 atom stereocenters. The van der Waals surface area contributed by atoms with Gasteiger partial charge in [-0.05, 0) is 76.0 Å². The zero-order chi connectivity index (χ0) is 28.6. The number of carbonyl (C=O) groups is 2. The summed E-state index contributed by atoms with van der Waals surface area (Å²) in [6.07, 6.45) is -5.96. The third-order valence-electron chi connectivity index (χ3n) is 7.42. The standard InChI is InChI=1S/C22H30F7NO7S/c1-2-35-16(31)20(21(25,26)27,36-6-4-3-5-19(23,24)22(28,29)38(33)34)37-17(32)30-18-10-13-7-14(11-18)9-15(8-13)12-18/h13-15,38H,2-12H2,1H3,(H,30,32). The smallest absolute Gasteiger partial charge is 0.461 e. The van der Waals surface area contributed by atoms with Crippen LogP contribution in [-0.2, 0) is 29.7 Å². The summed E-state index contributed by atoms with van der Waals surface area (Å²) in [6, 6.07) is 0. The van der Waals surface area contributed by atoms with Crippen LogP contribution in [0.25, 0.3) is 0 Å². The maximum atomic E-state index is 14.1. The van der Waals surface area contributed by atoms with E-state index in [9.17, 15) is 48.7 Å². The van der Waals surface area contributed by atoms with E-state index in [1.165, 1.54) is 6.92 Å². The maximum absolute atomic E-state index is 14.1. The predicted octanol–water partition coefficient (Wildman–Crippen LogP) is 4.53. The number of ether oxygens (including phenoxy) is 3. The second-order valence-corrected chi connectivity index (χ2v) is 11.4. The van der Waals surface area contributed by atoms with Gasteiger partial charge >= 0.3 is 35.2 Å². The number of esters is 1. The third kappa shape index (κ3) is 6.15. The van der Waals surface area contributed by atoms with Crippen molar-refractivity contribution in [3.8, 4) is 0 Å². The molecule has 16 heteroatoms. The summed E-state index contributed by atoms with van der Waals surface area (Å²) < 4.78 is 130. The Kier molecular flexibility index (Phi) is 8.86. The molecule has 0 aromatic carbocycles. The fraction of sp³-hybridized carbons (Fsp3) is 0.909. The molecule has 4 bridgehead atoms. The van der Waals surface area contributed by atoms with Gasteiger partial charge in [0.1, 0.15) is 0 Å². The van der Waals surface area contributed by atoms with Crippen LogP contribution in [0.1, 0.15) is 64.7 Å². The van der Waals surface area contributed by atoms with Crippen molar-refractivity contribution in [2.75, 3.05) is 13.2 Å². The molecule has 8 nitrogen and oxygen atoms in total. The molecule has 4 aliphatic rings. The molecule has 1 amide bonds. The first-order valence-electron chi connectivity index (χ1n) is 12.3. The van der Waals surface area contributed by atoms with E-state index in [1.807, 2.05) is 0 Å². The van der Waals surface area contributed by atoms with Crippen LogP contribution in [0.3, 0.4) is 0 Å². The number of amides is 1. The second kappa shape index (κ2) is 11.0. The molecule has 0 aromatic rings. The Bertz CT molecular complexity index is 929. The van der Waals surface area contributed by atoms with Crippen LogP contribution in [0.4, 0.5) is 35.5 Å². The molecule has 0 radical (unpaired) electrons. The van der Waals surface area contributed by atoms with Crippen molar-refractivity contribution in [1.29, 1.82) is 0 Å². The van der Waals surface area contributed by atoms with Gasteiger partial charge in [-0.15, -0.1) is 0 Å². The van der Waals surface area contributed by atoms with Crippen molar-refractivity contribution in [1.82, 2.24) is 5.32 Å². The van der Waals surface area contributed by atoms with Crippen molar-refractivity contribution in [2.45, 2.75) is 93.4 Å². The monoisotopic (exact) mass is 585 g/mol. The van der Waals surface area contributed by atoms with Crippen LogP contribution in [-0.4, -0.2) is 62.4 Å². The molecule has 0 saturated heterocycles. The Balaban J connectivity index is 1.69. The highest BCUT2D eigenvalue weighted by Gasteiger charge is 2.68. The SMILES string of the molecule is CCOC(=O)C(OCCCCC(F)(F)C(F)(F)[SH](=O)=O)(OC(=O)NC12CC3CC(CC(C3)C1)C2)C(F)(F)F. The van der Waals surface area contributed by atoms with E-state index in [1.54, 1.807) is 0 Å². The van der Waals surface area contributed by atoms with Crippen LogP contribution in [0.5, 0.6) is 0 Å². The minimum atomic E-state index is -5.66. The van der Waals surface area contributed by atoms with Gasteiger partial charge in [0, 0.05) is 12.0 Å². The van der Waals surface area contributed by atoms with Gasteiger partial charge in [0.2, 0.25) is 10.7 Å². The molecule has 4 fully saturated rings. The normalized spacial score (nSPS) is 28.7. The van der Waals surface area contributed by atoms with Gasteiger partial charge in [-0.3, -0.25) is 0 Å². The predicted molar refractivity (Wildman–Crippen MR) is 116 cm³/mol. The number of rotatable bonds is 12. The lowest BCUT2D eigenvalue weighted by Gasteiger charge is -2.56. The lowest BCUT2D eigenvalue weighted by atomic mass is 9.53. The number of alkyl halides is 7. The van der Waals surface area contributed by atoms with Crippen molar-refractivity contribution < 1.29 is 63.0 Å². The van der Waals surface area contributed by atoms with E-state index in [4.69, 9.17) is 0 Å². The van der Waals surface area contributed by atoms with Gasteiger partial charge in [-0.2, -0.15) is 30.7 Å². The topological polar surface area (TPSA) is 108 Å². The molecule has 1 N–H and O–H groups in total. The number of hydrogen-bond acceptors (Lipinski definition) is 7. The Hall–Kier alpha value is -1.84. The number of nitrogens with one attached hydrogen (secondary N) is 1. The van der Waals surface area contributed by atoms with E-state index >= 15 is 0 Å². The van der Waals surface area contributed by atoms with E-state index < -0.39 is 83.9 Å². The number of alkyl carbamates (subject to hydrolysis) is 1. The maximum Gasteiger partial charge on any atom is 0.468 e. The molecular weight excluding hydrogens is 555 g/mol. The minimum absolute atomic E-state index is 0.320. The molecule has 38 heavy (non-hydrogen) atoms. The lowest BCUT2D eigenvalue weighted by Crippen LogP contribution is -2.63. The number of unbranched alkanes of at least 4 members (excludes halogenated alkanes) is 1. The Morgan fingerprint density at radius 1 is 0.921 bits per heavy atom. The second-order valence-electron chi connectivity index (χ2n) is 10.4. The molecule has 0 spiro atoms. The molecule has 1 unspecified atom stereocenters. The minimum Gasteiger partial charge on any atom is -0.461 e. The van der Waals surface area contributed by atoms with Crippen molar-refractivity contribution in [2.24, 2.45) is 17.8 Å². The first kappa shape index (κ1) is 30.7. The summed E-state index contributed by atoms with van der Waals surface area (Å²) in [7, 11) is -4.81. The number of thiol groups is 1. The Labute approximate surface area is 215 Å². The summed E-state index contributed by atoms with van der Waals surface area (Å²) in [5.41, 5.74) is -0.781. The van der Waals surface area contributed by atoms with Gasteiger partial charge in [0.25, 0.3) is 0 Å². The summed E-state index contributed by atoms with van der Waals surface area (Å²) in [5.74, 6) is -10.4. The Morgan fingerprint density at radius 3 is 1.89 bits per heavy atom. The van der Waals surface area contributed by atoms with Crippen LogP contribution in [0.15, 0.2) is 0 Å². The molecule has 220 valence electrons. The molecule has 4 saturated carbocycles. The molecule has 4 aliphatic carbocycles. The number of halogens is 7. The van der Waals surface area contributed by atoms with Crippen LogP contribution >= 0.6 is 0 Å². The fourth-order valence-corrected chi connectivity index (χ4v) is 6.58. The van der Waals surface area contributed by atoms with Crippen molar-refractivity contribution in [3.63, 3.8) is 0 Å². The zero-order valence-electron chi connectivity index (χ0n) is 20.5. The molecule has 4 rings (SSSR count). The highest BCUT2D eigenvalue weighted by molar-refractivity contribution is 7.73. The zero-order valence-corrected chi connectivity index (χ0v) is 21.4. The van der Waals surface area contributed by atoms with Gasteiger partial charge < -0.3 is 19.5 Å². The van der Waals surface area contributed by atoms with E-state index in [2.05, 4.69) is 19.5 Å². The Morgan fingerprint density at radius 2 is 1.45 bits per heavy atom. The van der Waals surface area contributed by atoms with Gasteiger partial charge in [0.15, 0.2) is 0 Å². The fourth-order valence-electron chi connectivity index (χ4n) is 6.20. The van der Waals surface area contributed by atoms with Crippen LogP contribution in [0, 0.1) is 17.8 Å².